The fourth-order valence-electron chi connectivity index (χ4n) is 1.39. The normalized spacial score (nSPS) is 10.6. The van der Waals surface area contributed by atoms with Gasteiger partial charge >= 0.3 is 0 Å². The van der Waals surface area contributed by atoms with E-state index < -0.39 is 0 Å². The van der Waals surface area contributed by atoms with E-state index in [1.165, 1.54) is 6.07 Å². The lowest BCUT2D eigenvalue weighted by Crippen LogP contribution is -1.87. The summed E-state index contributed by atoms with van der Waals surface area (Å²) in [5, 5.41) is 0.512. The molecular formula is C10H8FNS. The summed E-state index contributed by atoms with van der Waals surface area (Å²) in [5.41, 5.74) is 1.79. The van der Waals surface area contributed by atoms with Gasteiger partial charge in [-0.15, -0.1) is 0 Å². The van der Waals surface area contributed by atoms with Gasteiger partial charge < -0.3 is 4.98 Å². The molecule has 0 saturated heterocycles. The van der Waals surface area contributed by atoms with Crippen molar-refractivity contribution in [2.75, 3.05) is 0 Å². The SMILES string of the molecule is Cc1ccc(F)c2c(=S)cc[nH]c12. The van der Waals surface area contributed by atoms with Gasteiger partial charge in [-0.05, 0) is 24.6 Å². The van der Waals surface area contributed by atoms with Crippen molar-refractivity contribution in [1.82, 2.24) is 4.98 Å². The molecule has 0 bridgehead atoms. The molecule has 3 heteroatoms. The van der Waals surface area contributed by atoms with Crippen LogP contribution >= 0.6 is 12.2 Å². The summed E-state index contributed by atoms with van der Waals surface area (Å²) in [7, 11) is 0. The summed E-state index contributed by atoms with van der Waals surface area (Å²) in [4.78, 5) is 2.99. The first kappa shape index (κ1) is 8.38. The van der Waals surface area contributed by atoms with Gasteiger partial charge in [-0.3, -0.25) is 0 Å². The van der Waals surface area contributed by atoms with Crippen LogP contribution in [-0.4, -0.2) is 4.98 Å². The van der Waals surface area contributed by atoms with E-state index in [1.54, 1.807) is 18.3 Å². The number of fused-ring (bicyclic) bond motifs is 1. The molecule has 0 spiro atoms. The van der Waals surface area contributed by atoms with E-state index in [0.717, 1.165) is 11.1 Å². The first-order chi connectivity index (χ1) is 6.20. The minimum absolute atomic E-state index is 0.262. The molecule has 1 heterocycles. The Morgan fingerprint density at radius 3 is 2.77 bits per heavy atom. The van der Waals surface area contributed by atoms with Crippen molar-refractivity contribution in [2.45, 2.75) is 6.92 Å². The van der Waals surface area contributed by atoms with Crippen LogP contribution in [-0.2, 0) is 0 Å². The Kier molecular flexibility index (Phi) is 1.88. The van der Waals surface area contributed by atoms with E-state index >= 15 is 0 Å². The number of benzene rings is 1. The molecule has 1 aromatic heterocycles. The van der Waals surface area contributed by atoms with E-state index in [1.807, 2.05) is 6.92 Å². The zero-order valence-electron chi connectivity index (χ0n) is 7.10. The number of hydrogen-bond acceptors (Lipinski definition) is 1. The fraction of sp³-hybridized carbons (Fsp3) is 0.100. The quantitative estimate of drug-likeness (QED) is 0.634. The molecule has 0 aliphatic heterocycles. The number of rotatable bonds is 0. The summed E-state index contributed by atoms with van der Waals surface area (Å²) < 4.78 is 13.9. The molecule has 0 radical (unpaired) electrons. The minimum Gasteiger partial charge on any atom is -0.361 e. The highest BCUT2D eigenvalue weighted by molar-refractivity contribution is 7.71. The molecule has 0 aliphatic rings. The van der Waals surface area contributed by atoms with E-state index in [0.29, 0.717) is 9.90 Å². The Bertz CT molecular complexity index is 516. The third kappa shape index (κ3) is 1.25. The Labute approximate surface area is 80.2 Å². The van der Waals surface area contributed by atoms with Crippen molar-refractivity contribution in [3.05, 3.63) is 40.3 Å². The number of hydrogen-bond donors (Lipinski definition) is 1. The van der Waals surface area contributed by atoms with Crippen LogP contribution in [0.15, 0.2) is 24.4 Å². The Morgan fingerprint density at radius 1 is 1.31 bits per heavy atom. The molecule has 0 atom stereocenters. The van der Waals surface area contributed by atoms with Gasteiger partial charge in [0.15, 0.2) is 0 Å². The van der Waals surface area contributed by atoms with Gasteiger partial charge in [-0.2, -0.15) is 0 Å². The Hall–Kier alpha value is -1.22. The summed E-state index contributed by atoms with van der Waals surface area (Å²) in [5.74, 6) is -0.262. The highest BCUT2D eigenvalue weighted by Crippen LogP contribution is 2.20. The second-order valence-electron chi connectivity index (χ2n) is 2.96. The zero-order valence-corrected chi connectivity index (χ0v) is 7.91. The predicted molar refractivity (Wildman–Crippen MR) is 53.8 cm³/mol. The summed E-state index contributed by atoms with van der Waals surface area (Å²) in [6.07, 6.45) is 1.73. The standard InChI is InChI=1S/C10H8FNS/c1-6-2-3-7(11)9-8(13)4-5-12-10(6)9/h2-5H,1H3,(H,12,13). The molecular weight excluding hydrogens is 185 g/mol. The number of halogens is 1. The lowest BCUT2D eigenvalue weighted by Gasteiger charge is -2.02. The van der Waals surface area contributed by atoms with Gasteiger partial charge in [-0.1, -0.05) is 18.3 Å². The van der Waals surface area contributed by atoms with Crippen molar-refractivity contribution < 1.29 is 4.39 Å². The molecule has 0 saturated carbocycles. The average Bonchev–Trinajstić information content (AvgIpc) is 2.12. The van der Waals surface area contributed by atoms with E-state index in [4.69, 9.17) is 12.2 Å². The molecule has 13 heavy (non-hydrogen) atoms. The van der Waals surface area contributed by atoms with Crippen molar-refractivity contribution in [2.24, 2.45) is 0 Å². The van der Waals surface area contributed by atoms with Crippen molar-refractivity contribution in [1.29, 1.82) is 0 Å². The number of H-pyrrole nitrogens is 1. The highest BCUT2D eigenvalue weighted by Gasteiger charge is 2.03. The highest BCUT2D eigenvalue weighted by atomic mass is 32.1. The minimum atomic E-state index is -0.262. The zero-order chi connectivity index (χ0) is 9.42. The first-order valence-corrected chi connectivity index (χ1v) is 4.37. The second-order valence-corrected chi connectivity index (χ2v) is 3.40. The fourth-order valence-corrected chi connectivity index (χ4v) is 1.66. The van der Waals surface area contributed by atoms with E-state index in [9.17, 15) is 4.39 Å². The van der Waals surface area contributed by atoms with Crippen LogP contribution in [0.5, 0.6) is 0 Å². The van der Waals surface area contributed by atoms with Gasteiger partial charge in [0.25, 0.3) is 0 Å². The first-order valence-electron chi connectivity index (χ1n) is 3.96. The van der Waals surface area contributed by atoms with Crippen LogP contribution in [0, 0.1) is 17.3 Å². The second kappa shape index (κ2) is 2.92. The number of aryl methyl sites for hydroxylation is 1. The summed E-state index contributed by atoms with van der Waals surface area (Å²) in [6.45, 7) is 1.92. The Balaban J connectivity index is 3.09. The van der Waals surface area contributed by atoms with Crippen molar-refractivity contribution in [3.63, 3.8) is 0 Å². The molecule has 0 fully saturated rings. The molecule has 66 valence electrons. The predicted octanol–water partition coefficient (Wildman–Crippen LogP) is 3.34. The molecule has 0 unspecified atom stereocenters. The van der Waals surface area contributed by atoms with Gasteiger partial charge in [0.1, 0.15) is 5.82 Å². The van der Waals surface area contributed by atoms with Crippen LogP contribution in [0.4, 0.5) is 4.39 Å². The third-order valence-corrected chi connectivity index (χ3v) is 2.41. The molecule has 1 N–H and O–H groups in total. The van der Waals surface area contributed by atoms with Gasteiger partial charge in [0, 0.05) is 6.20 Å². The van der Waals surface area contributed by atoms with E-state index in [-0.39, 0.29) is 5.82 Å². The molecule has 0 aliphatic carbocycles. The number of aromatic amines is 1. The number of pyridine rings is 1. The van der Waals surface area contributed by atoms with Crippen LogP contribution in [0.1, 0.15) is 5.56 Å². The average molecular weight is 193 g/mol. The van der Waals surface area contributed by atoms with Gasteiger partial charge in [-0.25, -0.2) is 4.39 Å². The maximum atomic E-state index is 13.3. The van der Waals surface area contributed by atoms with Crippen LogP contribution in [0.2, 0.25) is 0 Å². The molecule has 1 aromatic carbocycles. The van der Waals surface area contributed by atoms with Crippen molar-refractivity contribution >= 4 is 23.1 Å². The van der Waals surface area contributed by atoms with Gasteiger partial charge in [0.05, 0.1) is 15.4 Å². The lowest BCUT2D eigenvalue weighted by molar-refractivity contribution is 0.639. The topological polar surface area (TPSA) is 15.8 Å². The molecule has 1 nitrogen and oxygen atoms in total. The summed E-state index contributed by atoms with van der Waals surface area (Å²) >= 11 is 5.04. The molecule has 2 rings (SSSR count). The van der Waals surface area contributed by atoms with Crippen molar-refractivity contribution in [3.8, 4) is 0 Å². The largest absolute Gasteiger partial charge is 0.361 e. The van der Waals surface area contributed by atoms with Crippen LogP contribution in [0.3, 0.4) is 0 Å². The monoisotopic (exact) mass is 193 g/mol. The third-order valence-electron chi connectivity index (χ3n) is 2.07. The lowest BCUT2D eigenvalue weighted by atomic mass is 10.1. The maximum absolute atomic E-state index is 13.3. The Morgan fingerprint density at radius 2 is 2.08 bits per heavy atom. The smallest absolute Gasteiger partial charge is 0.133 e. The molecule has 2 aromatic rings. The summed E-state index contributed by atoms with van der Waals surface area (Å²) in [6, 6.07) is 4.88. The maximum Gasteiger partial charge on any atom is 0.133 e. The van der Waals surface area contributed by atoms with Crippen LogP contribution < -0.4 is 0 Å². The van der Waals surface area contributed by atoms with Crippen LogP contribution in [0.25, 0.3) is 10.9 Å². The number of nitrogens with one attached hydrogen (secondary N) is 1. The van der Waals surface area contributed by atoms with E-state index in [2.05, 4.69) is 4.98 Å². The van der Waals surface area contributed by atoms with Gasteiger partial charge in [0.2, 0.25) is 0 Å². The molecule has 0 amide bonds. The number of aromatic nitrogens is 1.